The third kappa shape index (κ3) is 6.94. The molecular weight excluding hydrogens is 364 g/mol. The van der Waals surface area contributed by atoms with Crippen LogP contribution in [0.3, 0.4) is 0 Å². The topological polar surface area (TPSA) is 80.9 Å². The molecule has 1 aromatic heterocycles. The zero-order chi connectivity index (χ0) is 21.0. The smallest absolute Gasteiger partial charge is 0.327 e. The van der Waals surface area contributed by atoms with Crippen LogP contribution in [0.5, 0.6) is 0 Å². The molecule has 0 saturated heterocycles. The van der Waals surface area contributed by atoms with Gasteiger partial charge in [-0.2, -0.15) is 4.80 Å². The van der Waals surface area contributed by atoms with Gasteiger partial charge in [-0.1, -0.05) is 102 Å². The van der Waals surface area contributed by atoms with E-state index in [1.54, 1.807) is 0 Å². The van der Waals surface area contributed by atoms with Crippen LogP contribution in [0.15, 0.2) is 30.3 Å². The molecule has 1 heterocycles. The average molecular weight is 401 g/mol. The lowest BCUT2D eigenvalue weighted by molar-refractivity contribution is -0.138. The molecule has 0 amide bonds. The van der Waals surface area contributed by atoms with Crippen LogP contribution in [0.2, 0.25) is 0 Å². The van der Waals surface area contributed by atoms with Crippen LogP contribution in [0, 0.1) is 0 Å². The Morgan fingerprint density at radius 1 is 0.966 bits per heavy atom. The SMILES string of the molecule is CCCCCCCCCCCC(CC)(c1ccccc1)c1nnn(CC(=O)O)n1. The molecule has 1 atom stereocenters. The fourth-order valence-electron chi connectivity index (χ4n) is 4.04. The van der Waals surface area contributed by atoms with Gasteiger partial charge >= 0.3 is 5.97 Å². The number of rotatable bonds is 15. The first-order chi connectivity index (χ1) is 14.1. The Bertz CT molecular complexity index is 717. The molecule has 0 fully saturated rings. The Morgan fingerprint density at radius 3 is 2.17 bits per heavy atom. The molecule has 0 saturated carbocycles. The highest BCUT2D eigenvalue weighted by molar-refractivity contribution is 5.66. The standard InChI is InChI=1S/C23H36N4O2/c1-3-5-6-7-8-9-10-11-15-18-23(4-2,20-16-13-12-14-17-20)22-24-26-27(25-22)19-21(28)29/h12-14,16-17H,3-11,15,18-19H2,1-2H3,(H,28,29). The van der Waals surface area contributed by atoms with E-state index in [9.17, 15) is 4.79 Å². The summed E-state index contributed by atoms with van der Waals surface area (Å²) in [6, 6.07) is 10.3. The van der Waals surface area contributed by atoms with Gasteiger partial charge in [0.15, 0.2) is 12.4 Å². The number of carboxylic acids is 1. The molecule has 0 aliphatic heterocycles. The van der Waals surface area contributed by atoms with Gasteiger partial charge < -0.3 is 5.11 Å². The minimum atomic E-state index is -0.963. The third-order valence-electron chi connectivity index (χ3n) is 5.79. The van der Waals surface area contributed by atoms with Crippen molar-refractivity contribution in [3.63, 3.8) is 0 Å². The number of hydrogen-bond donors (Lipinski definition) is 1. The summed E-state index contributed by atoms with van der Waals surface area (Å²) >= 11 is 0. The van der Waals surface area contributed by atoms with Gasteiger partial charge in [0.25, 0.3) is 0 Å². The van der Waals surface area contributed by atoms with Gasteiger partial charge in [-0.25, -0.2) is 0 Å². The lowest BCUT2D eigenvalue weighted by atomic mass is 9.73. The number of nitrogens with zero attached hydrogens (tertiary/aromatic N) is 4. The van der Waals surface area contributed by atoms with Crippen LogP contribution < -0.4 is 0 Å². The molecule has 0 aliphatic carbocycles. The molecule has 6 heteroatoms. The predicted octanol–water partition coefficient (Wildman–Crippen LogP) is 5.37. The molecule has 160 valence electrons. The van der Waals surface area contributed by atoms with Crippen LogP contribution in [-0.4, -0.2) is 31.3 Å². The molecule has 29 heavy (non-hydrogen) atoms. The second kappa shape index (κ2) is 12.3. The van der Waals surface area contributed by atoms with Gasteiger partial charge in [0.2, 0.25) is 0 Å². The van der Waals surface area contributed by atoms with Gasteiger partial charge in [-0.15, -0.1) is 10.2 Å². The highest BCUT2D eigenvalue weighted by atomic mass is 16.4. The zero-order valence-electron chi connectivity index (χ0n) is 18.0. The largest absolute Gasteiger partial charge is 0.480 e. The van der Waals surface area contributed by atoms with Crippen LogP contribution in [0.4, 0.5) is 0 Å². The maximum Gasteiger partial charge on any atom is 0.327 e. The van der Waals surface area contributed by atoms with Gasteiger partial charge in [-0.3, -0.25) is 4.79 Å². The summed E-state index contributed by atoms with van der Waals surface area (Å²) in [7, 11) is 0. The first-order valence-corrected chi connectivity index (χ1v) is 11.2. The Balaban J connectivity index is 2.01. The van der Waals surface area contributed by atoms with Crippen LogP contribution in [0.25, 0.3) is 0 Å². The molecule has 0 bridgehead atoms. The fraction of sp³-hybridized carbons (Fsp3) is 0.652. The first-order valence-electron chi connectivity index (χ1n) is 11.2. The van der Waals surface area contributed by atoms with Crippen molar-refractivity contribution in [3.05, 3.63) is 41.7 Å². The van der Waals surface area contributed by atoms with E-state index in [0.717, 1.165) is 19.3 Å². The van der Waals surface area contributed by atoms with E-state index in [2.05, 4.69) is 41.4 Å². The molecule has 0 aliphatic rings. The summed E-state index contributed by atoms with van der Waals surface area (Å²) in [4.78, 5) is 12.2. The number of hydrogen-bond acceptors (Lipinski definition) is 4. The van der Waals surface area contributed by atoms with Crippen molar-refractivity contribution in [3.8, 4) is 0 Å². The molecule has 1 unspecified atom stereocenters. The Labute approximate surface area is 174 Å². The maximum atomic E-state index is 11.0. The van der Waals surface area contributed by atoms with Crippen molar-refractivity contribution >= 4 is 5.97 Å². The zero-order valence-corrected chi connectivity index (χ0v) is 18.0. The number of tetrazole rings is 1. The lowest BCUT2D eigenvalue weighted by Crippen LogP contribution is -2.29. The van der Waals surface area contributed by atoms with E-state index in [4.69, 9.17) is 5.11 Å². The van der Waals surface area contributed by atoms with Crippen molar-refractivity contribution in [2.24, 2.45) is 0 Å². The molecule has 1 N–H and O–H groups in total. The molecular formula is C23H36N4O2. The Hall–Kier alpha value is -2.24. The van der Waals surface area contributed by atoms with Gasteiger partial charge in [0.05, 0.1) is 5.41 Å². The van der Waals surface area contributed by atoms with Crippen LogP contribution >= 0.6 is 0 Å². The third-order valence-corrected chi connectivity index (χ3v) is 5.79. The average Bonchev–Trinajstić information content (AvgIpc) is 3.18. The molecule has 0 spiro atoms. The highest BCUT2D eigenvalue weighted by Gasteiger charge is 2.36. The summed E-state index contributed by atoms with van der Waals surface area (Å²) in [6.45, 7) is 4.14. The van der Waals surface area contributed by atoms with Crippen molar-refractivity contribution in [1.82, 2.24) is 20.2 Å². The second-order valence-electron chi connectivity index (χ2n) is 7.92. The summed E-state index contributed by atoms with van der Waals surface area (Å²) < 4.78 is 0. The summed E-state index contributed by atoms with van der Waals surface area (Å²) in [5, 5.41) is 21.7. The highest BCUT2D eigenvalue weighted by Crippen LogP contribution is 2.38. The van der Waals surface area contributed by atoms with Crippen molar-refractivity contribution in [2.75, 3.05) is 0 Å². The molecule has 0 radical (unpaired) electrons. The van der Waals surface area contributed by atoms with Crippen molar-refractivity contribution < 1.29 is 9.90 Å². The lowest BCUT2D eigenvalue weighted by Gasteiger charge is -2.30. The first kappa shape index (κ1) is 23.0. The van der Waals surface area contributed by atoms with Crippen LogP contribution in [-0.2, 0) is 16.8 Å². The minimum absolute atomic E-state index is 0.264. The van der Waals surface area contributed by atoms with E-state index < -0.39 is 5.97 Å². The summed E-state index contributed by atoms with van der Waals surface area (Å²) in [6.07, 6.45) is 13.4. The van der Waals surface area contributed by atoms with Crippen molar-refractivity contribution in [2.45, 2.75) is 96.4 Å². The van der Waals surface area contributed by atoms with Crippen molar-refractivity contribution in [1.29, 1.82) is 0 Å². The number of benzene rings is 1. The molecule has 6 nitrogen and oxygen atoms in total. The number of aromatic nitrogens is 4. The van der Waals surface area contributed by atoms with Crippen LogP contribution in [0.1, 0.15) is 95.9 Å². The minimum Gasteiger partial charge on any atom is -0.480 e. The molecule has 2 rings (SSSR count). The van der Waals surface area contributed by atoms with Gasteiger partial charge in [-0.05, 0) is 23.6 Å². The predicted molar refractivity (Wildman–Crippen MR) is 115 cm³/mol. The second-order valence-corrected chi connectivity index (χ2v) is 7.92. The van der Waals surface area contributed by atoms with E-state index in [-0.39, 0.29) is 12.0 Å². The molecule has 2 aromatic rings. The van der Waals surface area contributed by atoms with Gasteiger partial charge in [0, 0.05) is 0 Å². The number of carbonyl (C=O) groups is 1. The quantitative estimate of drug-likeness (QED) is 0.406. The number of carboxylic acid groups (broad SMARTS) is 1. The van der Waals surface area contributed by atoms with E-state index in [1.165, 1.54) is 61.7 Å². The number of unbranched alkanes of at least 4 members (excludes halogenated alkanes) is 8. The summed E-state index contributed by atoms with van der Waals surface area (Å²) in [5.74, 6) is -0.332. The monoisotopic (exact) mass is 400 g/mol. The molecule has 1 aromatic carbocycles. The Morgan fingerprint density at radius 2 is 1.59 bits per heavy atom. The van der Waals surface area contributed by atoms with Gasteiger partial charge in [0.1, 0.15) is 0 Å². The maximum absolute atomic E-state index is 11.0. The Kier molecular flexibility index (Phi) is 9.81. The van der Waals surface area contributed by atoms with E-state index >= 15 is 0 Å². The summed E-state index contributed by atoms with van der Waals surface area (Å²) in [5.41, 5.74) is 0.857. The number of aliphatic carboxylic acids is 1. The van der Waals surface area contributed by atoms with E-state index in [1.807, 2.05) is 18.2 Å². The normalized spacial score (nSPS) is 13.3. The fourth-order valence-corrected chi connectivity index (χ4v) is 4.04. The van der Waals surface area contributed by atoms with E-state index in [0.29, 0.717) is 5.82 Å².